The van der Waals surface area contributed by atoms with Crippen molar-refractivity contribution in [3.05, 3.63) is 45.3 Å². The third kappa shape index (κ3) is 2.70. The quantitative estimate of drug-likeness (QED) is 0.881. The number of hydrogen-bond acceptors (Lipinski definition) is 4. The summed E-state index contributed by atoms with van der Waals surface area (Å²) in [5.74, 6) is -2.63. The zero-order valence-electron chi connectivity index (χ0n) is 10.1. The van der Waals surface area contributed by atoms with Gasteiger partial charge in [0.05, 0.1) is 11.3 Å². The Bertz CT molecular complexity index is 682. The summed E-state index contributed by atoms with van der Waals surface area (Å²) in [4.78, 5) is 23.1. The second-order valence-corrected chi connectivity index (χ2v) is 5.46. The van der Waals surface area contributed by atoms with E-state index in [0.717, 1.165) is 17.6 Å². The van der Waals surface area contributed by atoms with E-state index in [0.29, 0.717) is 5.69 Å². The van der Waals surface area contributed by atoms with Gasteiger partial charge >= 0.3 is 5.97 Å². The Labute approximate surface area is 125 Å². The number of halogens is 2. The van der Waals surface area contributed by atoms with Crippen LogP contribution in [-0.2, 0) is 0 Å². The number of rotatable bonds is 3. The van der Waals surface area contributed by atoms with Crippen LogP contribution in [-0.4, -0.2) is 21.4 Å². The number of amides is 1. The first kappa shape index (κ1) is 14.6. The number of carbonyl (C=O) groups excluding carboxylic acids is 1. The monoisotopic (exact) mass is 358 g/mol. The molecule has 0 fully saturated rings. The number of nitrogens with one attached hydrogen (secondary N) is 1. The molecule has 0 saturated heterocycles. The van der Waals surface area contributed by atoms with E-state index in [4.69, 9.17) is 5.11 Å². The van der Waals surface area contributed by atoms with Crippen LogP contribution in [0.2, 0.25) is 0 Å². The Kier molecular flexibility index (Phi) is 4.15. The van der Waals surface area contributed by atoms with E-state index in [2.05, 4.69) is 25.6 Å². The fourth-order valence-electron chi connectivity index (χ4n) is 1.59. The minimum atomic E-state index is -1.20. The van der Waals surface area contributed by atoms with E-state index in [9.17, 15) is 14.0 Å². The molecule has 104 valence electrons. The van der Waals surface area contributed by atoms with Crippen LogP contribution < -0.4 is 5.32 Å². The number of aromatic carboxylic acids is 1. The van der Waals surface area contributed by atoms with Gasteiger partial charge in [-0.05, 0) is 46.5 Å². The Morgan fingerprint density at radius 1 is 1.40 bits per heavy atom. The number of nitrogens with zero attached hydrogens (tertiary/aromatic N) is 1. The summed E-state index contributed by atoms with van der Waals surface area (Å²) in [5, 5.41) is 11.5. The summed E-state index contributed by atoms with van der Waals surface area (Å²) in [6.07, 6.45) is 0. The Morgan fingerprint density at radius 2 is 2.10 bits per heavy atom. The summed E-state index contributed by atoms with van der Waals surface area (Å²) >= 11 is 3.92. The minimum absolute atomic E-state index is 0.0788. The number of anilines is 1. The molecular weight excluding hydrogens is 351 g/mol. The number of benzene rings is 1. The molecule has 1 heterocycles. The van der Waals surface area contributed by atoms with Crippen LogP contribution in [0.25, 0.3) is 0 Å². The number of carboxylic acids is 1. The normalized spacial score (nSPS) is 10.3. The second kappa shape index (κ2) is 5.68. The summed E-state index contributed by atoms with van der Waals surface area (Å²) in [6.45, 7) is 1.52. The fraction of sp³-hybridized carbons (Fsp3) is 0.0833. The van der Waals surface area contributed by atoms with Gasteiger partial charge in [0.25, 0.3) is 5.91 Å². The van der Waals surface area contributed by atoms with Gasteiger partial charge in [-0.1, -0.05) is 6.07 Å². The topological polar surface area (TPSA) is 79.3 Å². The van der Waals surface area contributed by atoms with Crippen molar-refractivity contribution in [2.45, 2.75) is 6.92 Å². The zero-order chi connectivity index (χ0) is 14.9. The molecule has 0 saturated carbocycles. The van der Waals surface area contributed by atoms with Crippen LogP contribution in [0.3, 0.4) is 0 Å². The van der Waals surface area contributed by atoms with E-state index < -0.39 is 17.7 Å². The number of aryl methyl sites for hydroxylation is 1. The maximum Gasteiger partial charge on any atom is 0.340 e. The maximum absolute atomic E-state index is 13.6. The van der Waals surface area contributed by atoms with Gasteiger partial charge < -0.3 is 10.4 Å². The molecule has 0 unspecified atom stereocenters. The number of hydrogen-bond donors (Lipinski definition) is 2. The molecule has 0 aliphatic rings. The molecule has 0 aliphatic carbocycles. The third-order valence-electron chi connectivity index (χ3n) is 2.49. The van der Waals surface area contributed by atoms with Crippen molar-refractivity contribution < 1.29 is 19.1 Å². The van der Waals surface area contributed by atoms with Crippen LogP contribution in [0, 0.1) is 12.7 Å². The third-order valence-corrected chi connectivity index (χ3v) is 4.01. The molecule has 0 radical (unpaired) electrons. The molecule has 0 spiro atoms. The molecule has 2 N–H and O–H groups in total. The van der Waals surface area contributed by atoms with E-state index in [1.807, 2.05) is 0 Å². The van der Waals surface area contributed by atoms with Crippen molar-refractivity contribution in [1.82, 2.24) is 4.37 Å². The number of carbonyl (C=O) groups is 2. The molecule has 0 atom stereocenters. The van der Waals surface area contributed by atoms with Crippen LogP contribution in [0.15, 0.2) is 22.7 Å². The van der Waals surface area contributed by atoms with Crippen molar-refractivity contribution in [3.63, 3.8) is 0 Å². The molecule has 1 aromatic carbocycles. The molecule has 8 heteroatoms. The van der Waals surface area contributed by atoms with Crippen molar-refractivity contribution in [2.24, 2.45) is 0 Å². The highest BCUT2D eigenvalue weighted by Gasteiger charge is 2.22. The standard InChI is InChI=1S/C12H8BrFN2O3S/c1-5-8(12(18)19)11(20-16-5)15-10(17)9-6(13)3-2-4-7(9)14/h2-4H,1H3,(H,15,17)(H,18,19). The molecular formula is C12H8BrFN2O3S. The average molecular weight is 359 g/mol. The summed E-state index contributed by atoms with van der Waals surface area (Å²) in [5.41, 5.74) is 0.0242. The second-order valence-electron chi connectivity index (χ2n) is 3.83. The highest BCUT2D eigenvalue weighted by atomic mass is 79.9. The zero-order valence-corrected chi connectivity index (χ0v) is 12.5. The SMILES string of the molecule is Cc1nsc(NC(=O)c2c(F)cccc2Br)c1C(=O)O. The molecule has 1 aromatic heterocycles. The number of carboxylic acid groups (broad SMARTS) is 1. The molecule has 2 aromatic rings. The van der Waals surface area contributed by atoms with Crippen molar-refractivity contribution in [2.75, 3.05) is 5.32 Å². The number of aromatic nitrogens is 1. The highest BCUT2D eigenvalue weighted by molar-refractivity contribution is 9.10. The van der Waals surface area contributed by atoms with Gasteiger partial charge in [-0.2, -0.15) is 4.37 Å². The molecule has 20 heavy (non-hydrogen) atoms. The molecule has 5 nitrogen and oxygen atoms in total. The summed E-state index contributed by atoms with van der Waals surface area (Å²) < 4.78 is 17.8. The van der Waals surface area contributed by atoms with Crippen LogP contribution in [0.5, 0.6) is 0 Å². The lowest BCUT2D eigenvalue weighted by Gasteiger charge is -2.06. The lowest BCUT2D eigenvalue weighted by atomic mass is 10.2. The lowest BCUT2D eigenvalue weighted by molar-refractivity contribution is 0.0697. The first-order valence-electron chi connectivity index (χ1n) is 5.36. The van der Waals surface area contributed by atoms with Crippen LogP contribution in [0.1, 0.15) is 26.4 Å². The van der Waals surface area contributed by atoms with E-state index >= 15 is 0 Å². The van der Waals surface area contributed by atoms with Gasteiger partial charge in [0.1, 0.15) is 16.4 Å². The Balaban J connectivity index is 2.36. The predicted molar refractivity (Wildman–Crippen MR) is 75.9 cm³/mol. The van der Waals surface area contributed by atoms with Gasteiger partial charge in [-0.15, -0.1) is 0 Å². The Morgan fingerprint density at radius 3 is 2.70 bits per heavy atom. The minimum Gasteiger partial charge on any atom is -0.478 e. The average Bonchev–Trinajstić information content (AvgIpc) is 2.70. The van der Waals surface area contributed by atoms with Gasteiger partial charge in [0.2, 0.25) is 0 Å². The van der Waals surface area contributed by atoms with Crippen molar-refractivity contribution in [1.29, 1.82) is 0 Å². The Hall–Kier alpha value is -1.80. The fourth-order valence-corrected chi connectivity index (χ4v) is 2.89. The van der Waals surface area contributed by atoms with Gasteiger partial charge in [-0.25, -0.2) is 9.18 Å². The van der Waals surface area contributed by atoms with E-state index in [-0.39, 0.29) is 20.6 Å². The first-order chi connectivity index (χ1) is 9.41. The van der Waals surface area contributed by atoms with E-state index in [1.165, 1.54) is 19.1 Å². The summed E-state index contributed by atoms with van der Waals surface area (Å²) in [6, 6.07) is 4.12. The highest BCUT2D eigenvalue weighted by Crippen LogP contribution is 2.27. The largest absolute Gasteiger partial charge is 0.478 e. The molecule has 2 rings (SSSR count). The van der Waals surface area contributed by atoms with Crippen LogP contribution in [0.4, 0.5) is 9.39 Å². The molecule has 0 bridgehead atoms. The molecule has 1 amide bonds. The predicted octanol–water partition coefficient (Wildman–Crippen LogP) is 3.30. The smallest absolute Gasteiger partial charge is 0.340 e. The van der Waals surface area contributed by atoms with Gasteiger partial charge in [-0.3, -0.25) is 4.79 Å². The lowest BCUT2D eigenvalue weighted by Crippen LogP contribution is -2.15. The van der Waals surface area contributed by atoms with E-state index in [1.54, 1.807) is 0 Å². The van der Waals surface area contributed by atoms with Crippen molar-refractivity contribution in [3.8, 4) is 0 Å². The van der Waals surface area contributed by atoms with Crippen LogP contribution >= 0.6 is 27.5 Å². The first-order valence-corrected chi connectivity index (χ1v) is 6.93. The molecule has 0 aliphatic heterocycles. The maximum atomic E-state index is 13.6. The van der Waals surface area contributed by atoms with Gasteiger partial charge in [0.15, 0.2) is 0 Å². The van der Waals surface area contributed by atoms with Crippen molar-refractivity contribution >= 4 is 44.3 Å². The summed E-state index contributed by atoms with van der Waals surface area (Å²) in [7, 11) is 0. The van der Waals surface area contributed by atoms with Gasteiger partial charge in [0, 0.05) is 4.47 Å².